The third kappa shape index (κ3) is 2.44. The van der Waals surface area contributed by atoms with Crippen molar-refractivity contribution in [2.24, 2.45) is 0 Å². The van der Waals surface area contributed by atoms with Crippen LogP contribution in [-0.2, 0) is 0 Å². The Bertz CT molecular complexity index is 480. The summed E-state index contributed by atoms with van der Waals surface area (Å²) in [7, 11) is 0. The molecule has 0 aliphatic heterocycles. The van der Waals surface area contributed by atoms with Crippen molar-refractivity contribution in [3.05, 3.63) is 48.2 Å². The van der Waals surface area contributed by atoms with Crippen molar-refractivity contribution < 1.29 is 13.5 Å². The zero-order valence-electron chi connectivity index (χ0n) is 8.15. The molecule has 0 atom stereocenters. The number of pyridine rings is 1. The number of halogens is 2. The topological polar surface area (TPSA) is 48.1 Å². The van der Waals surface area contributed by atoms with E-state index in [0.29, 0.717) is 11.6 Å². The molecule has 2 rings (SSSR count). The van der Waals surface area contributed by atoms with Gasteiger partial charge in [0, 0.05) is 18.2 Å². The van der Waals surface area contributed by atoms with Gasteiger partial charge >= 0.3 is 0 Å². The lowest BCUT2D eigenvalue weighted by Gasteiger charge is -2.05. The smallest absolute Gasteiger partial charge is 0.145 e. The number of rotatable bonds is 2. The van der Waals surface area contributed by atoms with Gasteiger partial charge in [-0.25, -0.2) is 13.8 Å². The molecule has 0 fully saturated rings. The van der Waals surface area contributed by atoms with E-state index in [9.17, 15) is 8.78 Å². The molecule has 3 nitrogen and oxygen atoms in total. The summed E-state index contributed by atoms with van der Waals surface area (Å²) in [6.07, 6.45) is 1.37. The third-order valence-electron chi connectivity index (χ3n) is 1.83. The van der Waals surface area contributed by atoms with Crippen molar-refractivity contribution in [3.8, 4) is 11.5 Å². The van der Waals surface area contributed by atoms with Gasteiger partial charge in [-0.3, -0.25) is 0 Å². The largest absolute Gasteiger partial charge is 0.456 e. The number of nitrogens with two attached hydrogens (primary N) is 1. The van der Waals surface area contributed by atoms with Crippen LogP contribution in [0.1, 0.15) is 0 Å². The quantitative estimate of drug-likeness (QED) is 0.849. The van der Waals surface area contributed by atoms with Gasteiger partial charge in [0.15, 0.2) is 0 Å². The molecule has 2 N–H and O–H groups in total. The van der Waals surface area contributed by atoms with Crippen LogP contribution in [0.4, 0.5) is 14.6 Å². The van der Waals surface area contributed by atoms with Crippen LogP contribution in [0.3, 0.4) is 0 Å². The number of hydrogen-bond acceptors (Lipinski definition) is 3. The summed E-state index contributed by atoms with van der Waals surface area (Å²) in [5, 5.41) is 0. The molecule has 0 unspecified atom stereocenters. The second-order valence-electron chi connectivity index (χ2n) is 3.13. The summed E-state index contributed by atoms with van der Waals surface area (Å²) in [5.74, 6) is -0.613. The lowest BCUT2D eigenvalue weighted by molar-refractivity contribution is 0.466. The average Bonchev–Trinajstić information content (AvgIpc) is 2.20. The minimum atomic E-state index is -0.696. The first-order valence-electron chi connectivity index (χ1n) is 4.49. The molecule has 0 saturated carbocycles. The Kier molecular flexibility index (Phi) is 2.68. The summed E-state index contributed by atoms with van der Waals surface area (Å²) in [5.41, 5.74) is 5.38. The highest BCUT2D eigenvalue weighted by atomic mass is 19.1. The van der Waals surface area contributed by atoms with Gasteiger partial charge in [0.1, 0.15) is 29.0 Å². The monoisotopic (exact) mass is 222 g/mol. The standard InChI is InChI=1S/C11H8F2N2O/c12-7-3-8(13)5-10(4-7)16-9-1-2-11(14)15-6-9/h1-6H,(H2,14,15). The van der Waals surface area contributed by atoms with Crippen LogP contribution in [0, 0.1) is 11.6 Å². The van der Waals surface area contributed by atoms with Crippen LogP contribution in [0.15, 0.2) is 36.5 Å². The van der Waals surface area contributed by atoms with Crippen LogP contribution in [0.25, 0.3) is 0 Å². The van der Waals surface area contributed by atoms with Crippen molar-refractivity contribution in [2.75, 3.05) is 5.73 Å². The van der Waals surface area contributed by atoms with Crippen LogP contribution >= 0.6 is 0 Å². The van der Waals surface area contributed by atoms with Gasteiger partial charge in [-0.15, -0.1) is 0 Å². The third-order valence-corrected chi connectivity index (χ3v) is 1.83. The first kappa shape index (κ1) is 10.4. The predicted molar refractivity (Wildman–Crippen MR) is 55.1 cm³/mol. The summed E-state index contributed by atoms with van der Waals surface area (Å²) in [4.78, 5) is 3.79. The lowest BCUT2D eigenvalue weighted by atomic mass is 10.3. The van der Waals surface area contributed by atoms with Crippen LogP contribution in [0.5, 0.6) is 11.5 Å². The Hall–Kier alpha value is -2.17. The SMILES string of the molecule is Nc1ccc(Oc2cc(F)cc(F)c2)cn1. The summed E-state index contributed by atoms with van der Waals surface area (Å²) >= 11 is 0. The molecule has 1 heterocycles. The Balaban J connectivity index is 2.23. The number of aromatic nitrogens is 1. The number of nitrogens with zero attached hydrogens (tertiary/aromatic N) is 1. The second-order valence-corrected chi connectivity index (χ2v) is 3.13. The molecular formula is C11H8F2N2O. The molecule has 0 radical (unpaired) electrons. The van der Waals surface area contributed by atoms with Crippen LogP contribution < -0.4 is 10.5 Å². The molecule has 1 aromatic heterocycles. The van der Waals surface area contributed by atoms with Gasteiger partial charge in [0.25, 0.3) is 0 Å². The van der Waals surface area contributed by atoms with E-state index in [1.165, 1.54) is 12.3 Å². The fraction of sp³-hybridized carbons (Fsp3) is 0. The van der Waals surface area contributed by atoms with E-state index in [0.717, 1.165) is 18.2 Å². The molecule has 0 bridgehead atoms. The average molecular weight is 222 g/mol. The molecule has 1 aromatic carbocycles. The molecule has 0 aliphatic carbocycles. The first-order valence-corrected chi connectivity index (χ1v) is 4.49. The highest BCUT2D eigenvalue weighted by Gasteiger charge is 2.03. The fourth-order valence-corrected chi connectivity index (χ4v) is 1.18. The van der Waals surface area contributed by atoms with Gasteiger partial charge in [-0.05, 0) is 12.1 Å². The van der Waals surface area contributed by atoms with Gasteiger partial charge < -0.3 is 10.5 Å². The first-order chi connectivity index (χ1) is 7.63. The van der Waals surface area contributed by atoms with Crippen molar-refractivity contribution in [1.29, 1.82) is 0 Å². The normalized spacial score (nSPS) is 10.1. The van der Waals surface area contributed by atoms with Gasteiger partial charge in [-0.2, -0.15) is 0 Å². The summed E-state index contributed by atoms with van der Waals surface area (Å²) in [6.45, 7) is 0. The summed E-state index contributed by atoms with van der Waals surface area (Å²) < 4.78 is 30.9. The number of nitrogen functional groups attached to an aromatic ring is 1. The zero-order valence-corrected chi connectivity index (χ0v) is 8.15. The highest BCUT2D eigenvalue weighted by molar-refractivity contribution is 5.35. The maximum absolute atomic E-state index is 12.8. The lowest BCUT2D eigenvalue weighted by Crippen LogP contribution is -1.91. The van der Waals surface area contributed by atoms with E-state index in [1.54, 1.807) is 6.07 Å². The van der Waals surface area contributed by atoms with Crippen LogP contribution in [0.2, 0.25) is 0 Å². The van der Waals surface area contributed by atoms with E-state index in [4.69, 9.17) is 10.5 Å². The Morgan fingerprint density at radius 2 is 1.69 bits per heavy atom. The number of ether oxygens (including phenoxy) is 1. The minimum absolute atomic E-state index is 0.0732. The van der Waals surface area contributed by atoms with Crippen molar-refractivity contribution in [2.45, 2.75) is 0 Å². The van der Waals surface area contributed by atoms with E-state index in [1.807, 2.05) is 0 Å². The molecule has 0 spiro atoms. The number of hydrogen-bond donors (Lipinski definition) is 1. The molecule has 2 aromatic rings. The van der Waals surface area contributed by atoms with Crippen molar-refractivity contribution >= 4 is 5.82 Å². The molecule has 0 amide bonds. The van der Waals surface area contributed by atoms with E-state index in [-0.39, 0.29) is 5.75 Å². The molecule has 5 heteroatoms. The van der Waals surface area contributed by atoms with Crippen molar-refractivity contribution in [3.63, 3.8) is 0 Å². The zero-order chi connectivity index (χ0) is 11.5. The highest BCUT2D eigenvalue weighted by Crippen LogP contribution is 2.22. The Morgan fingerprint density at radius 3 is 2.25 bits per heavy atom. The molecule has 0 aliphatic rings. The number of benzene rings is 1. The van der Waals surface area contributed by atoms with Crippen LogP contribution in [-0.4, -0.2) is 4.98 Å². The van der Waals surface area contributed by atoms with E-state index < -0.39 is 11.6 Å². The maximum Gasteiger partial charge on any atom is 0.145 e. The Labute approximate surface area is 90.5 Å². The van der Waals surface area contributed by atoms with Gasteiger partial charge in [0.2, 0.25) is 0 Å². The number of anilines is 1. The fourth-order valence-electron chi connectivity index (χ4n) is 1.18. The second kappa shape index (κ2) is 4.14. The molecule has 0 saturated heterocycles. The minimum Gasteiger partial charge on any atom is -0.456 e. The molecular weight excluding hydrogens is 214 g/mol. The summed E-state index contributed by atoms with van der Waals surface area (Å²) in [6, 6.07) is 6.03. The van der Waals surface area contributed by atoms with Crippen molar-refractivity contribution in [1.82, 2.24) is 4.98 Å². The van der Waals surface area contributed by atoms with Gasteiger partial charge in [-0.1, -0.05) is 0 Å². The van der Waals surface area contributed by atoms with Gasteiger partial charge in [0.05, 0.1) is 6.20 Å². The molecule has 16 heavy (non-hydrogen) atoms. The Morgan fingerprint density at radius 1 is 1.00 bits per heavy atom. The molecule has 82 valence electrons. The predicted octanol–water partition coefficient (Wildman–Crippen LogP) is 2.73. The van der Waals surface area contributed by atoms with E-state index >= 15 is 0 Å². The maximum atomic E-state index is 12.8. The van der Waals surface area contributed by atoms with E-state index in [2.05, 4.69) is 4.98 Å².